The van der Waals surface area contributed by atoms with Gasteiger partial charge < -0.3 is 20.9 Å². The summed E-state index contributed by atoms with van der Waals surface area (Å²) < 4.78 is 11.3. The van der Waals surface area contributed by atoms with Crippen LogP contribution in [0.15, 0.2) is 54.6 Å². The second kappa shape index (κ2) is 7.28. The quantitative estimate of drug-likeness (QED) is 0.661. The molecule has 0 saturated carbocycles. The molecule has 1 heterocycles. The van der Waals surface area contributed by atoms with Crippen molar-refractivity contribution < 1.29 is 14.3 Å². The van der Waals surface area contributed by atoms with Crippen LogP contribution in [0.3, 0.4) is 0 Å². The highest BCUT2D eigenvalue weighted by Gasteiger charge is 2.30. The van der Waals surface area contributed by atoms with Crippen LogP contribution in [0.5, 0.6) is 11.5 Å². The summed E-state index contributed by atoms with van der Waals surface area (Å²) >= 11 is 0. The highest BCUT2D eigenvalue weighted by Crippen LogP contribution is 2.26. The van der Waals surface area contributed by atoms with Gasteiger partial charge in [0.25, 0.3) is 0 Å². The number of benzene rings is 2. The van der Waals surface area contributed by atoms with Gasteiger partial charge in [-0.25, -0.2) is 4.79 Å². The normalized spacial score (nSPS) is 11.0. The van der Waals surface area contributed by atoms with E-state index in [1.807, 2.05) is 30.3 Å². The van der Waals surface area contributed by atoms with Gasteiger partial charge in [-0.15, -0.1) is 0 Å². The molecule has 2 aromatic carbocycles. The number of nitrogens with two attached hydrogens (primary N) is 2. The van der Waals surface area contributed by atoms with Crippen LogP contribution in [0, 0.1) is 0 Å². The lowest BCUT2D eigenvalue weighted by Gasteiger charge is -2.23. The van der Waals surface area contributed by atoms with Crippen molar-refractivity contribution in [2.45, 2.75) is 19.4 Å². The molecule has 27 heavy (non-hydrogen) atoms. The smallest absolute Gasteiger partial charge is 0.339 e. The number of para-hydroxylation sites is 1. The van der Waals surface area contributed by atoms with Crippen LogP contribution in [-0.4, -0.2) is 20.9 Å². The van der Waals surface area contributed by atoms with Gasteiger partial charge in [-0.2, -0.15) is 15.0 Å². The number of carbonyl (C=O) groups excluding carboxylic acids is 1. The van der Waals surface area contributed by atoms with E-state index in [1.165, 1.54) is 0 Å². The number of anilines is 2. The van der Waals surface area contributed by atoms with Crippen molar-refractivity contribution >= 4 is 17.9 Å². The first-order valence-electron chi connectivity index (χ1n) is 8.17. The van der Waals surface area contributed by atoms with Crippen molar-refractivity contribution in [3.63, 3.8) is 0 Å². The van der Waals surface area contributed by atoms with Gasteiger partial charge in [-0.1, -0.05) is 24.3 Å². The number of carbonyl (C=O) groups is 1. The van der Waals surface area contributed by atoms with Gasteiger partial charge in [0.2, 0.25) is 11.9 Å². The Morgan fingerprint density at radius 1 is 0.889 bits per heavy atom. The molecule has 1 aromatic heterocycles. The van der Waals surface area contributed by atoms with Crippen LogP contribution in [0.1, 0.15) is 30.0 Å². The minimum Gasteiger partial charge on any atom is -0.457 e. The summed E-state index contributed by atoms with van der Waals surface area (Å²) in [5, 5.41) is 0. The summed E-state index contributed by atoms with van der Waals surface area (Å²) in [4.78, 5) is 24.3. The minimum absolute atomic E-state index is 0.0418. The maximum atomic E-state index is 12.6. The molecular weight excluding hydrogens is 346 g/mol. The Labute approximate surface area is 156 Å². The second-order valence-electron chi connectivity index (χ2n) is 6.22. The van der Waals surface area contributed by atoms with E-state index in [0.29, 0.717) is 17.1 Å². The van der Waals surface area contributed by atoms with Crippen molar-refractivity contribution in [2.24, 2.45) is 0 Å². The van der Waals surface area contributed by atoms with Crippen LogP contribution < -0.4 is 16.2 Å². The van der Waals surface area contributed by atoms with Crippen molar-refractivity contribution in [3.05, 3.63) is 66.0 Å². The van der Waals surface area contributed by atoms with Crippen molar-refractivity contribution in [1.82, 2.24) is 15.0 Å². The van der Waals surface area contributed by atoms with Gasteiger partial charge in [0.05, 0.1) is 5.56 Å². The summed E-state index contributed by atoms with van der Waals surface area (Å²) in [5.41, 5.74) is 10.4. The Morgan fingerprint density at radius 3 is 2.19 bits per heavy atom. The lowest BCUT2D eigenvalue weighted by molar-refractivity contribution is -0.00705. The molecule has 3 aromatic rings. The van der Waals surface area contributed by atoms with E-state index in [0.717, 1.165) is 0 Å². The predicted octanol–water partition coefficient (Wildman–Crippen LogP) is 2.92. The topological polar surface area (TPSA) is 126 Å². The first-order valence-corrected chi connectivity index (χ1v) is 8.17. The number of hydrogen-bond donors (Lipinski definition) is 2. The van der Waals surface area contributed by atoms with Crippen LogP contribution in [0.25, 0.3) is 0 Å². The van der Waals surface area contributed by atoms with Gasteiger partial charge in [0.15, 0.2) is 11.4 Å². The van der Waals surface area contributed by atoms with Crippen molar-refractivity contribution in [2.75, 3.05) is 11.5 Å². The summed E-state index contributed by atoms with van der Waals surface area (Å²) in [5.74, 6) is 0.704. The van der Waals surface area contributed by atoms with E-state index >= 15 is 0 Å². The summed E-state index contributed by atoms with van der Waals surface area (Å²) in [6.45, 7) is 3.28. The van der Waals surface area contributed by atoms with E-state index in [1.54, 1.807) is 38.1 Å². The highest BCUT2D eigenvalue weighted by atomic mass is 16.6. The fraction of sp³-hybridized carbons (Fsp3) is 0.158. The Bertz CT molecular complexity index is 940. The van der Waals surface area contributed by atoms with E-state index in [2.05, 4.69) is 15.0 Å². The molecule has 8 nitrogen and oxygen atoms in total. The minimum atomic E-state index is -1.15. The lowest BCUT2D eigenvalue weighted by Crippen LogP contribution is -2.29. The number of nitrogens with zero attached hydrogens (tertiary/aromatic N) is 3. The molecular formula is C19H19N5O3. The number of nitrogen functional groups attached to an aromatic ring is 2. The molecule has 4 N–H and O–H groups in total. The molecule has 0 unspecified atom stereocenters. The molecule has 0 bridgehead atoms. The molecule has 0 aliphatic carbocycles. The third-order valence-corrected chi connectivity index (χ3v) is 3.61. The third-order valence-electron chi connectivity index (χ3n) is 3.61. The molecule has 0 spiro atoms. The lowest BCUT2D eigenvalue weighted by atomic mass is 10.1. The van der Waals surface area contributed by atoms with Crippen molar-refractivity contribution in [1.29, 1.82) is 0 Å². The van der Waals surface area contributed by atoms with E-state index in [-0.39, 0.29) is 17.7 Å². The monoisotopic (exact) mass is 365 g/mol. The SMILES string of the molecule is CC(C)(OC(=O)c1cccc(Oc2ccccc2)c1)c1nc(N)nc(N)n1. The van der Waals surface area contributed by atoms with Gasteiger partial charge in [-0.05, 0) is 44.2 Å². The first kappa shape index (κ1) is 18.1. The van der Waals surface area contributed by atoms with Crippen LogP contribution in [0.2, 0.25) is 0 Å². The number of rotatable bonds is 5. The maximum Gasteiger partial charge on any atom is 0.339 e. The van der Waals surface area contributed by atoms with E-state index in [9.17, 15) is 4.79 Å². The summed E-state index contributed by atoms with van der Waals surface area (Å²) in [7, 11) is 0. The Hall–Kier alpha value is -3.68. The van der Waals surface area contributed by atoms with Gasteiger partial charge in [0, 0.05) is 0 Å². The van der Waals surface area contributed by atoms with Crippen molar-refractivity contribution in [3.8, 4) is 11.5 Å². The number of aromatic nitrogens is 3. The number of hydrogen-bond acceptors (Lipinski definition) is 8. The molecule has 0 saturated heterocycles. The van der Waals surface area contributed by atoms with Crippen LogP contribution >= 0.6 is 0 Å². The maximum absolute atomic E-state index is 12.6. The average molecular weight is 365 g/mol. The Kier molecular flexibility index (Phi) is 4.89. The van der Waals surface area contributed by atoms with Crippen LogP contribution in [-0.2, 0) is 10.3 Å². The summed E-state index contributed by atoms with van der Waals surface area (Å²) in [6.07, 6.45) is 0. The zero-order valence-corrected chi connectivity index (χ0v) is 14.9. The van der Waals surface area contributed by atoms with E-state index < -0.39 is 11.6 Å². The summed E-state index contributed by atoms with van der Waals surface area (Å²) in [6, 6.07) is 16.0. The molecule has 0 fully saturated rings. The number of ether oxygens (including phenoxy) is 2. The van der Waals surface area contributed by atoms with E-state index in [4.69, 9.17) is 20.9 Å². The molecule has 0 radical (unpaired) electrons. The van der Waals surface area contributed by atoms with Gasteiger partial charge in [-0.3, -0.25) is 0 Å². The molecule has 0 aliphatic heterocycles. The Morgan fingerprint density at radius 2 is 1.52 bits per heavy atom. The largest absolute Gasteiger partial charge is 0.457 e. The molecule has 0 atom stereocenters. The second-order valence-corrected chi connectivity index (χ2v) is 6.22. The number of esters is 1. The molecule has 8 heteroatoms. The van der Waals surface area contributed by atoms with Crippen LogP contribution in [0.4, 0.5) is 11.9 Å². The van der Waals surface area contributed by atoms with Gasteiger partial charge >= 0.3 is 5.97 Å². The molecule has 138 valence electrons. The standard InChI is InChI=1S/C19H19N5O3/c1-19(2,16-22-17(20)24-18(21)23-16)27-15(25)12-7-6-10-14(11-12)26-13-8-4-3-5-9-13/h3-11H,1-2H3,(H4,20,21,22,23,24). The van der Waals surface area contributed by atoms with Gasteiger partial charge in [0.1, 0.15) is 11.5 Å². The third kappa shape index (κ3) is 4.49. The average Bonchev–Trinajstić information content (AvgIpc) is 2.61. The fourth-order valence-electron chi connectivity index (χ4n) is 2.33. The first-order chi connectivity index (χ1) is 12.8. The zero-order chi connectivity index (χ0) is 19.4. The molecule has 3 rings (SSSR count). The highest BCUT2D eigenvalue weighted by molar-refractivity contribution is 5.90. The molecule has 0 aliphatic rings. The Balaban J connectivity index is 1.78. The fourth-order valence-corrected chi connectivity index (χ4v) is 2.33. The molecule has 0 amide bonds. The zero-order valence-electron chi connectivity index (χ0n) is 14.9. The predicted molar refractivity (Wildman–Crippen MR) is 100 cm³/mol.